The smallest absolute Gasteiger partial charge is 0.319 e. The van der Waals surface area contributed by atoms with Gasteiger partial charge in [-0.25, -0.2) is 4.79 Å². The lowest BCUT2D eigenvalue weighted by Gasteiger charge is -2.24. The molecule has 0 unspecified atom stereocenters. The SMILES string of the molecule is C[C@@]1(c2cccc3ccccc23)NC(=O)N(Cc2nnsc2Cl)C1=O. The fraction of sp³-hybridized carbons (Fsp3) is 0.176. The first-order valence-electron chi connectivity index (χ1n) is 7.60. The van der Waals surface area contributed by atoms with E-state index in [1.807, 2.05) is 42.5 Å². The van der Waals surface area contributed by atoms with Gasteiger partial charge in [0.05, 0.1) is 6.54 Å². The molecule has 3 aromatic rings. The van der Waals surface area contributed by atoms with Gasteiger partial charge in [-0.05, 0) is 23.3 Å². The number of carbonyl (C=O) groups is 2. The molecule has 8 heteroatoms. The van der Waals surface area contributed by atoms with Crippen molar-refractivity contribution in [3.8, 4) is 0 Å². The number of nitrogens with one attached hydrogen (secondary N) is 1. The second-order valence-electron chi connectivity index (χ2n) is 5.97. The van der Waals surface area contributed by atoms with Gasteiger partial charge in [0.1, 0.15) is 15.6 Å². The van der Waals surface area contributed by atoms with E-state index in [0.29, 0.717) is 10.0 Å². The molecule has 126 valence electrons. The van der Waals surface area contributed by atoms with Crippen LogP contribution >= 0.6 is 23.1 Å². The van der Waals surface area contributed by atoms with Crippen molar-refractivity contribution in [2.75, 3.05) is 0 Å². The zero-order chi connectivity index (χ0) is 17.6. The average Bonchev–Trinajstić information content (AvgIpc) is 3.11. The van der Waals surface area contributed by atoms with Gasteiger partial charge in [0.2, 0.25) is 0 Å². The molecule has 1 aliphatic rings. The number of rotatable bonds is 3. The van der Waals surface area contributed by atoms with Crippen LogP contribution in [0.1, 0.15) is 18.2 Å². The highest BCUT2D eigenvalue weighted by Crippen LogP contribution is 2.34. The van der Waals surface area contributed by atoms with Crippen molar-refractivity contribution in [3.63, 3.8) is 0 Å². The van der Waals surface area contributed by atoms with Crippen LogP contribution in [-0.2, 0) is 16.9 Å². The zero-order valence-corrected chi connectivity index (χ0v) is 14.8. The average molecular weight is 373 g/mol. The summed E-state index contributed by atoms with van der Waals surface area (Å²) in [6.45, 7) is 1.72. The van der Waals surface area contributed by atoms with Crippen LogP contribution in [0.5, 0.6) is 0 Å². The third kappa shape index (κ3) is 2.47. The molecule has 25 heavy (non-hydrogen) atoms. The summed E-state index contributed by atoms with van der Waals surface area (Å²) in [6.07, 6.45) is 0. The third-order valence-corrected chi connectivity index (χ3v) is 5.40. The number of amides is 3. The number of benzene rings is 2. The van der Waals surface area contributed by atoms with Gasteiger partial charge in [0.25, 0.3) is 5.91 Å². The zero-order valence-electron chi connectivity index (χ0n) is 13.2. The maximum Gasteiger partial charge on any atom is 0.325 e. The second-order valence-corrected chi connectivity index (χ2v) is 7.32. The monoisotopic (exact) mass is 372 g/mol. The highest BCUT2D eigenvalue weighted by atomic mass is 35.5. The maximum absolute atomic E-state index is 13.1. The largest absolute Gasteiger partial charge is 0.325 e. The van der Waals surface area contributed by atoms with Gasteiger partial charge < -0.3 is 5.32 Å². The molecular formula is C17H13ClN4O2S. The summed E-state index contributed by atoms with van der Waals surface area (Å²) < 4.78 is 4.11. The van der Waals surface area contributed by atoms with E-state index in [1.165, 1.54) is 0 Å². The molecule has 1 aliphatic heterocycles. The molecular weight excluding hydrogens is 360 g/mol. The predicted octanol–water partition coefficient (Wildman–Crippen LogP) is 3.31. The number of urea groups is 1. The Hall–Kier alpha value is -2.51. The highest BCUT2D eigenvalue weighted by molar-refractivity contribution is 7.10. The maximum atomic E-state index is 13.1. The van der Waals surface area contributed by atoms with Gasteiger partial charge in [0.15, 0.2) is 0 Å². The molecule has 1 atom stereocenters. The van der Waals surface area contributed by atoms with Crippen molar-refractivity contribution in [2.24, 2.45) is 0 Å². The minimum atomic E-state index is -1.14. The van der Waals surface area contributed by atoms with Gasteiger partial charge in [-0.3, -0.25) is 9.69 Å². The Kier molecular flexibility index (Phi) is 3.70. The number of carbonyl (C=O) groups excluding carboxylic acids is 2. The predicted molar refractivity (Wildman–Crippen MR) is 95.3 cm³/mol. The summed E-state index contributed by atoms with van der Waals surface area (Å²) >= 11 is 7.03. The number of fused-ring (bicyclic) bond motifs is 1. The molecule has 0 radical (unpaired) electrons. The fourth-order valence-electron chi connectivity index (χ4n) is 3.13. The lowest BCUT2D eigenvalue weighted by Crippen LogP contribution is -2.41. The summed E-state index contributed by atoms with van der Waals surface area (Å²) in [6, 6.07) is 13.0. The summed E-state index contributed by atoms with van der Waals surface area (Å²) in [5, 5.41) is 8.64. The Morgan fingerprint density at radius 1 is 1.20 bits per heavy atom. The normalized spacial score (nSPS) is 20.3. The van der Waals surface area contributed by atoms with Crippen LogP contribution in [-0.4, -0.2) is 26.4 Å². The lowest BCUT2D eigenvalue weighted by atomic mass is 9.88. The number of halogens is 1. The Bertz CT molecular complexity index is 1000. The Morgan fingerprint density at radius 2 is 1.96 bits per heavy atom. The minimum absolute atomic E-state index is 0.000353. The van der Waals surface area contributed by atoms with Crippen LogP contribution in [0, 0.1) is 0 Å². The van der Waals surface area contributed by atoms with Crippen LogP contribution in [0.2, 0.25) is 4.34 Å². The topological polar surface area (TPSA) is 75.2 Å². The highest BCUT2D eigenvalue weighted by Gasteiger charge is 2.49. The van der Waals surface area contributed by atoms with Gasteiger partial charge in [-0.2, -0.15) is 0 Å². The van der Waals surface area contributed by atoms with Crippen LogP contribution in [0.25, 0.3) is 10.8 Å². The molecule has 2 heterocycles. The summed E-state index contributed by atoms with van der Waals surface area (Å²) in [4.78, 5) is 26.7. The van der Waals surface area contributed by atoms with Crippen LogP contribution < -0.4 is 5.32 Å². The Balaban J connectivity index is 1.76. The molecule has 2 aromatic carbocycles. The van der Waals surface area contributed by atoms with E-state index >= 15 is 0 Å². The Labute approximate surface area is 152 Å². The van der Waals surface area contributed by atoms with Crippen molar-refractivity contribution in [2.45, 2.75) is 19.0 Å². The number of aromatic nitrogens is 2. The van der Waals surface area contributed by atoms with E-state index in [4.69, 9.17) is 11.6 Å². The van der Waals surface area contributed by atoms with Gasteiger partial charge in [-0.1, -0.05) is 58.6 Å². The van der Waals surface area contributed by atoms with Gasteiger partial charge in [-0.15, -0.1) is 5.10 Å². The van der Waals surface area contributed by atoms with E-state index in [-0.39, 0.29) is 12.5 Å². The number of hydrogen-bond acceptors (Lipinski definition) is 5. The van der Waals surface area contributed by atoms with Crippen molar-refractivity contribution < 1.29 is 9.59 Å². The molecule has 0 aliphatic carbocycles. The summed E-state index contributed by atoms with van der Waals surface area (Å²) in [5.41, 5.74) is 0.0275. The summed E-state index contributed by atoms with van der Waals surface area (Å²) in [5.74, 6) is -0.335. The fourth-order valence-corrected chi connectivity index (χ4v) is 3.74. The molecule has 6 nitrogen and oxygen atoms in total. The third-order valence-electron chi connectivity index (χ3n) is 4.42. The van der Waals surface area contributed by atoms with Crippen molar-refractivity contribution in [3.05, 3.63) is 58.1 Å². The quantitative estimate of drug-likeness (QED) is 0.716. The number of hydrogen-bond donors (Lipinski definition) is 1. The number of imide groups is 1. The van der Waals surface area contributed by atoms with Gasteiger partial charge >= 0.3 is 6.03 Å². The van der Waals surface area contributed by atoms with E-state index in [9.17, 15) is 9.59 Å². The second kappa shape index (κ2) is 5.79. The first-order chi connectivity index (χ1) is 12.0. The molecule has 1 aromatic heterocycles. The molecule has 1 fully saturated rings. The molecule has 1 saturated heterocycles. The molecule has 0 spiro atoms. The van der Waals surface area contributed by atoms with E-state index in [1.54, 1.807) is 6.92 Å². The number of nitrogens with zero attached hydrogens (tertiary/aromatic N) is 3. The van der Waals surface area contributed by atoms with Crippen LogP contribution in [0.15, 0.2) is 42.5 Å². The van der Waals surface area contributed by atoms with E-state index < -0.39 is 11.6 Å². The van der Waals surface area contributed by atoms with E-state index in [2.05, 4.69) is 14.9 Å². The Morgan fingerprint density at radius 3 is 2.72 bits per heavy atom. The van der Waals surface area contributed by atoms with Crippen molar-refractivity contribution in [1.82, 2.24) is 19.8 Å². The molecule has 4 rings (SSSR count). The standard InChI is InChI=1S/C17H13ClN4O2S/c1-17(12-8-4-6-10-5-2-3-7-11(10)12)15(23)22(16(24)19-17)9-13-14(18)25-21-20-13/h2-8H,9H2,1H3,(H,19,24)/t17-/m0/s1. The lowest BCUT2D eigenvalue weighted by molar-refractivity contribution is -0.131. The van der Waals surface area contributed by atoms with Crippen LogP contribution in [0.3, 0.4) is 0 Å². The van der Waals surface area contributed by atoms with Crippen molar-refractivity contribution >= 4 is 45.8 Å². The van der Waals surface area contributed by atoms with E-state index in [0.717, 1.165) is 32.8 Å². The first-order valence-corrected chi connectivity index (χ1v) is 8.75. The molecule has 1 N–H and O–H groups in total. The summed E-state index contributed by atoms with van der Waals surface area (Å²) in [7, 11) is 0. The van der Waals surface area contributed by atoms with Gasteiger partial charge in [0, 0.05) is 11.5 Å². The minimum Gasteiger partial charge on any atom is -0.319 e. The molecule has 3 amide bonds. The molecule has 0 bridgehead atoms. The van der Waals surface area contributed by atoms with Crippen molar-refractivity contribution in [1.29, 1.82) is 0 Å². The van der Waals surface area contributed by atoms with Crippen LogP contribution in [0.4, 0.5) is 4.79 Å². The molecule has 0 saturated carbocycles. The first kappa shape index (κ1) is 16.0.